The molecular formula is C21H20F2N4O3S. The van der Waals surface area contributed by atoms with Crippen LogP contribution in [0.4, 0.5) is 20.3 Å². The number of fused-ring (bicyclic) bond motifs is 1. The highest BCUT2D eigenvalue weighted by molar-refractivity contribution is 7.90. The quantitative estimate of drug-likeness (QED) is 0.645. The minimum Gasteiger partial charge on any atom is -0.384 e. The first-order chi connectivity index (χ1) is 14.5. The summed E-state index contributed by atoms with van der Waals surface area (Å²) in [6.07, 6.45) is 1.17. The molecule has 1 amide bonds. The summed E-state index contributed by atoms with van der Waals surface area (Å²) in [5.74, 6) is -4.01. The van der Waals surface area contributed by atoms with E-state index in [1.165, 1.54) is 23.2 Å². The molecule has 0 atom stereocenters. The highest BCUT2D eigenvalue weighted by Crippen LogP contribution is 2.44. The molecule has 1 aliphatic carbocycles. The third-order valence-electron chi connectivity index (χ3n) is 5.22. The lowest BCUT2D eigenvalue weighted by Crippen LogP contribution is -2.47. The normalized spacial score (nSPS) is 16.1. The van der Waals surface area contributed by atoms with Crippen LogP contribution in [0.5, 0.6) is 0 Å². The van der Waals surface area contributed by atoms with Crippen LogP contribution in [-0.2, 0) is 21.2 Å². The zero-order valence-corrected chi connectivity index (χ0v) is 17.4. The number of halogens is 2. The molecule has 1 fully saturated rings. The molecule has 0 spiro atoms. The fourth-order valence-corrected chi connectivity index (χ4v) is 4.48. The molecule has 7 nitrogen and oxygen atoms in total. The average molecular weight is 446 g/mol. The van der Waals surface area contributed by atoms with Crippen LogP contribution in [0.1, 0.15) is 18.4 Å². The minimum atomic E-state index is -3.76. The summed E-state index contributed by atoms with van der Waals surface area (Å²) in [6.45, 7) is -0.0263. The SMILES string of the molecule is CS(=O)(=O)c1ncccc1N(Cc1ccc2ccc(N)nc2c1)C(=O)C1CC(F)(F)C1. The van der Waals surface area contributed by atoms with Crippen molar-refractivity contribution < 1.29 is 22.0 Å². The Labute approximate surface area is 177 Å². The number of anilines is 2. The number of amides is 1. The van der Waals surface area contributed by atoms with Gasteiger partial charge in [0.2, 0.25) is 11.8 Å². The average Bonchev–Trinajstić information content (AvgIpc) is 2.68. The van der Waals surface area contributed by atoms with Crippen LogP contribution in [0.3, 0.4) is 0 Å². The monoisotopic (exact) mass is 446 g/mol. The van der Waals surface area contributed by atoms with Crippen LogP contribution in [0, 0.1) is 5.92 Å². The molecule has 0 saturated heterocycles. The van der Waals surface area contributed by atoms with Gasteiger partial charge in [-0.1, -0.05) is 12.1 Å². The van der Waals surface area contributed by atoms with Crippen molar-refractivity contribution in [1.82, 2.24) is 9.97 Å². The second-order valence-corrected chi connectivity index (χ2v) is 9.68. The summed E-state index contributed by atoms with van der Waals surface area (Å²) in [4.78, 5) is 22.6. The van der Waals surface area contributed by atoms with E-state index in [1.807, 2.05) is 6.07 Å². The first-order valence-corrected chi connectivity index (χ1v) is 11.4. The summed E-state index contributed by atoms with van der Waals surface area (Å²) in [6, 6.07) is 11.7. The molecule has 3 aromatic rings. The zero-order chi connectivity index (χ0) is 22.4. The van der Waals surface area contributed by atoms with Gasteiger partial charge in [0.25, 0.3) is 0 Å². The summed E-state index contributed by atoms with van der Waals surface area (Å²) in [5, 5.41) is 0.560. The molecule has 0 bridgehead atoms. The lowest BCUT2D eigenvalue weighted by atomic mass is 9.80. The number of nitrogen functional groups attached to an aromatic ring is 1. The molecule has 10 heteroatoms. The van der Waals surface area contributed by atoms with Crippen molar-refractivity contribution in [3.05, 3.63) is 54.2 Å². The summed E-state index contributed by atoms with van der Waals surface area (Å²) >= 11 is 0. The molecule has 1 aliphatic rings. The highest BCUT2D eigenvalue weighted by Gasteiger charge is 2.50. The van der Waals surface area contributed by atoms with Gasteiger partial charge in [0, 0.05) is 36.6 Å². The van der Waals surface area contributed by atoms with Gasteiger partial charge in [-0.25, -0.2) is 27.2 Å². The number of aromatic nitrogens is 2. The van der Waals surface area contributed by atoms with Crippen LogP contribution < -0.4 is 10.6 Å². The van der Waals surface area contributed by atoms with E-state index in [-0.39, 0.29) is 17.3 Å². The lowest BCUT2D eigenvalue weighted by molar-refractivity contribution is -0.147. The molecule has 162 valence electrons. The number of hydrogen-bond donors (Lipinski definition) is 1. The summed E-state index contributed by atoms with van der Waals surface area (Å²) in [5.41, 5.74) is 7.07. The van der Waals surface area contributed by atoms with E-state index in [4.69, 9.17) is 5.73 Å². The Morgan fingerprint density at radius 1 is 1.23 bits per heavy atom. The standard InChI is InChI=1S/C21H20F2N4O3S/c1-31(29,30)19-17(3-2-8-25-19)27(20(28)15-10-21(22,23)11-15)12-13-4-5-14-6-7-18(24)26-16(14)9-13/h2-9,15H,10-12H2,1H3,(H2,24,26). The van der Waals surface area contributed by atoms with E-state index in [1.54, 1.807) is 24.3 Å². The van der Waals surface area contributed by atoms with Crippen LogP contribution in [0.2, 0.25) is 0 Å². The van der Waals surface area contributed by atoms with E-state index in [0.717, 1.165) is 11.6 Å². The maximum atomic E-state index is 13.4. The van der Waals surface area contributed by atoms with Crippen LogP contribution in [0.15, 0.2) is 53.7 Å². The number of benzene rings is 1. The highest BCUT2D eigenvalue weighted by atomic mass is 32.2. The maximum Gasteiger partial charge on any atom is 0.249 e. The van der Waals surface area contributed by atoms with Gasteiger partial charge in [-0.3, -0.25) is 4.79 Å². The first-order valence-electron chi connectivity index (χ1n) is 9.53. The van der Waals surface area contributed by atoms with Crippen molar-refractivity contribution in [3.63, 3.8) is 0 Å². The molecule has 31 heavy (non-hydrogen) atoms. The van der Waals surface area contributed by atoms with Gasteiger partial charge < -0.3 is 10.6 Å². The topological polar surface area (TPSA) is 106 Å². The summed E-state index contributed by atoms with van der Waals surface area (Å²) in [7, 11) is -3.76. The number of carbonyl (C=O) groups is 1. The van der Waals surface area contributed by atoms with Gasteiger partial charge in [0.05, 0.1) is 17.7 Å². The molecule has 1 saturated carbocycles. The van der Waals surface area contributed by atoms with Gasteiger partial charge in [-0.2, -0.15) is 0 Å². The van der Waals surface area contributed by atoms with Gasteiger partial charge in [0.1, 0.15) is 5.82 Å². The van der Waals surface area contributed by atoms with Crippen molar-refractivity contribution in [2.45, 2.75) is 30.3 Å². The Bertz CT molecular complexity index is 1270. The smallest absolute Gasteiger partial charge is 0.249 e. The van der Waals surface area contributed by atoms with E-state index >= 15 is 0 Å². The zero-order valence-electron chi connectivity index (χ0n) is 16.6. The second kappa shape index (κ2) is 7.52. The predicted molar refractivity (Wildman–Crippen MR) is 112 cm³/mol. The molecule has 0 radical (unpaired) electrons. The molecule has 2 heterocycles. The van der Waals surface area contributed by atoms with Crippen molar-refractivity contribution in [2.75, 3.05) is 16.9 Å². The second-order valence-electron chi connectivity index (χ2n) is 7.75. The van der Waals surface area contributed by atoms with E-state index in [9.17, 15) is 22.0 Å². The molecule has 0 aliphatic heterocycles. The molecular weight excluding hydrogens is 426 g/mol. The predicted octanol–water partition coefficient (Wildman–Crippen LogP) is 3.19. The molecule has 2 N–H and O–H groups in total. The Hall–Kier alpha value is -3.14. The van der Waals surface area contributed by atoms with Crippen LogP contribution >= 0.6 is 0 Å². The fraction of sp³-hybridized carbons (Fsp3) is 0.286. The Morgan fingerprint density at radius 3 is 2.61 bits per heavy atom. The third-order valence-corrected chi connectivity index (χ3v) is 6.23. The molecule has 4 rings (SSSR count). The van der Waals surface area contributed by atoms with Gasteiger partial charge in [-0.05, 0) is 35.9 Å². The molecule has 2 aromatic heterocycles. The number of sulfone groups is 1. The van der Waals surface area contributed by atoms with Crippen molar-refractivity contribution in [2.24, 2.45) is 5.92 Å². The van der Waals surface area contributed by atoms with Gasteiger partial charge in [-0.15, -0.1) is 0 Å². The number of pyridine rings is 2. The third kappa shape index (κ3) is 4.34. The maximum absolute atomic E-state index is 13.4. The van der Waals surface area contributed by atoms with Gasteiger partial charge >= 0.3 is 0 Å². The minimum absolute atomic E-state index is 0.0263. The number of carbonyl (C=O) groups excluding carboxylic acids is 1. The van der Waals surface area contributed by atoms with E-state index < -0.39 is 40.4 Å². The number of nitrogens with two attached hydrogens (primary N) is 1. The van der Waals surface area contributed by atoms with Gasteiger partial charge in [0.15, 0.2) is 14.9 Å². The number of nitrogens with zero attached hydrogens (tertiary/aromatic N) is 3. The van der Waals surface area contributed by atoms with E-state index in [2.05, 4.69) is 9.97 Å². The van der Waals surface area contributed by atoms with Crippen molar-refractivity contribution in [3.8, 4) is 0 Å². The Morgan fingerprint density at radius 2 is 1.94 bits per heavy atom. The number of hydrogen-bond acceptors (Lipinski definition) is 6. The number of rotatable bonds is 5. The Balaban J connectivity index is 1.76. The lowest BCUT2D eigenvalue weighted by Gasteiger charge is -2.37. The molecule has 1 aromatic carbocycles. The van der Waals surface area contributed by atoms with E-state index in [0.29, 0.717) is 16.9 Å². The first kappa shape index (κ1) is 21.1. The Kier molecular flexibility index (Phi) is 5.12. The van der Waals surface area contributed by atoms with Crippen molar-refractivity contribution in [1.29, 1.82) is 0 Å². The number of alkyl halides is 2. The summed E-state index contributed by atoms with van der Waals surface area (Å²) < 4.78 is 51.4. The fourth-order valence-electron chi connectivity index (χ4n) is 3.67. The largest absolute Gasteiger partial charge is 0.384 e. The van der Waals surface area contributed by atoms with Crippen LogP contribution in [0.25, 0.3) is 10.9 Å². The van der Waals surface area contributed by atoms with Crippen molar-refractivity contribution >= 4 is 38.2 Å². The molecule has 0 unspecified atom stereocenters. The van der Waals surface area contributed by atoms with Crippen LogP contribution in [-0.4, -0.2) is 36.5 Å².